The van der Waals surface area contributed by atoms with Gasteiger partial charge in [0.05, 0.1) is 10.8 Å². The molecule has 1 amide bonds. The van der Waals surface area contributed by atoms with Gasteiger partial charge in [0.1, 0.15) is 12.4 Å². The molecule has 0 aliphatic carbocycles. The molecule has 146 valence electrons. The summed E-state index contributed by atoms with van der Waals surface area (Å²) in [6.45, 7) is -0.690. The highest BCUT2D eigenvalue weighted by Crippen LogP contribution is 2.18. The zero-order chi connectivity index (χ0) is 21.0. The summed E-state index contributed by atoms with van der Waals surface area (Å²) in [6, 6.07) is 6.08. The van der Waals surface area contributed by atoms with E-state index in [9.17, 15) is 38.3 Å². The van der Waals surface area contributed by atoms with Crippen molar-refractivity contribution in [1.29, 1.82) is 0 Å². The Morgan fingerprint density at radius 3 is 2.00 bits per heavy atom. The van der Waals surface area contributed by atoms with Crippen molar-refractivity contribution in [1.82, 2.24) is 5.32 Å². The van der Waals surface area contributed by atoms with E-state index in [-0.39, 0.29) is 26.3 Å². The topological polar surface area (TPSA) is 164 Å². The van der Waals surface area contributed by atoms with Crippen LogP contribution in [0.5, 0.6) is 0 Å². The molecule has 0 radical (unpaired) electrons. The van der Waals surface area contributed by atoms with Gasteiger partial charge in [0.25, 0.3) is 5.91 Å². The van der Waals surface area contributed by atoms with E-state index in [2.05, 4.69) is 5.32 Å². The molecule has 9 nitrogen and oxygen atoms in total. The van der Waals surface area contributed by atoms with Crippen molar-refractivity contribution in [3.05, 3.63) is 47.8 Å². The van der Waals surface area contributed by atoms with Crippen LogP contribution in [0.2, 0.25) is 0 Å². The normalized spacial score (nSPS) is 11.6. The van der Waals surface area contributed by atoms with E-state index in [4.69, 9.17) is 5.11 Å². The Morgan fingerprint density at radius 2 is 1.46 bits per heavy atom. The Balaban J connectivity index is 2.48. The highest BCUT2D eigenvalue weighted by molar-refractivity contribution is 7.85. The first-order valence-electron chi connectivity index (χ1n) is 7.68. The second-order valence-electron chi connectivity index (χ2n) is 5.60. The Hall–Kier alpha value is -2.57. The van der Waals surface area contributed by atoms with Crippen molar-refractivity contribution in [2.75, 3.05) is 6.54 Å². The van der Waals surface area contributed by atoms with E-state index >= 15 is 0 Å². The molecule has 6 N–H and O–H groups in total. The second kappa shape index (κ2) is 9.08. The highest BCUT2D eigenvalue weighted by Gasteiger charge is 2.21. The number of nitrogens with one attached hydrogen (secondary N) is 1. The number of carbonyl (C=O) groups is 2. The molecule has 2 rings (SSSR count). The summed E-state index contributed by atoms with van der Waals surface area (Å²) in [4.78, 5) is 22.4. The molecular weight excluding hydrogens is 395 g/mol. The molecule has 0 saturated carbocycles. The van der Waals surface area contributed by atoms with Crippen LogP contribution in [0.4, 0.5) is 4.39 Å². The van der Waals surface area contributed by atoms with Gasteiger partial charge >= 0.3 is 20.2 Å². The van der Waals surface area contributed by atoms with Crippen molar-refractivity contribution in [3.63, 3.8) is 0 Å². The van der Waals surface area contributed by atoms with Crippen LogP contribution in [0.3, 0.4) is 0 Å². The SMILES string of the molecule is O=C(O)CNC(=O)c1cc(B(O)O)cc(S(=O)c2cc(F)cc(B(O)O)c2)c1. The monoisotopic (exact) mass is 409 g/mol. The number of hydrogen-bond acceptors (Lipinski definition) is 7. The molecule has 0 heterocycles. The molecule has 28 heavy (non-hydrogen) atoms. The molecule has 13 heteroatoms. The molecule has 0 aliphatic rings. The molecule has 0 aromatic heterocycles. The molecule has 0 aliphatic heterocycles. The van der Waals surface area contributed by atoms with E-state index in [0.29, 0.717) is 0 Å². The van der Waals surface area contributed by atoms with Gasteiger partial charge in [-0.2, -0.15) is 0 Å². The first-order valence-corrected chi connectivity index (χ1v) is 8.83. The van der Waals surface area contributed by atoms with Crippen LogP contribution in [0.1, 0.15) is 10.4 Å². The number of benzene rings is 2. The summed E-state index contributed by atoms with van der Waals surface area (Å²) < 4.78 is 26.5. The number of carboxylic acids is 1. The maximum Gasteiger partial charge on any atom is 0.488 e. The third-order valence-corrected chi connectivity index (χ3v) is 4.84. The van der Waals surface area contributed by atoms with Crippen LogP contribution in [-0.4, -0.2) is 62.1 Å². The molecule has 2 aromatic carbocycles. The quantitative estimate of drug-likeness (QED) is 0.267. The Kier molecular flexibility index (Phi) is 7.05. The van der Waals surface area contributed by atoms with Gasteiger partial charge in [-0.3, -0.25) is 9.59 Å². The summed E-state index contributed by atoms with van der Waals surface area (Å²) in [5, 5.41) is 47.8. The molecule has 0 fully saturated rings. The summed E-state index contributed by atoms with van der Waals surface area (Å²) in [7, 11) is -6.16. The minimum absolute atomic E-state index is 0.116. The average molecular weight is 409 g/mol. The number of carbonyl (C=O) groups excluding carboxylic acids is 1. The number of hydrogen-bond donors (Lipinski definition) is 6. The molecule has 0 spiro atoms. The lowest BCUT2D eigenvalue weighted by Crippen LogP contribution is -2.34. The van der Waals surface area contributed by atoms with Crippen molar-refractivity contribution in [2.45, 2.75) is 9.79 Å². The van der Waals surface area contributed by atoms with E-state index in [1.165, 1.54) is 0 Å². The van der Waals surface area contributed by atoms with Gasteiger partial charge in [-0.1, -0.05) is 0 Å². The first kappa shape index (κ1) is 21.7. The van der Waals surface area contributed by atoms with E-state index < -0.39 is 49.3 Å². The van der Waals surface area contributed by atoms with Gasteiger partial charge in [0.15, 0.2) is 0 Å². The molecular formula is C15H14B2FNO8S. The average Bonchev–Trinajstić information content (AvgIpc) is 2.64. The van der Waals surface area contributed by atoms with Crippen LogP contribution in [0.15, 0.2) is 46.2 Å². The molecule has 1 atom stereocenters. The molecule has 2 aromatic rings. The van der Waals surface area contributed by atoms with Crippen LogP contribution in [0, 0.1) is 5.82 Å². The number of carboxylic acid groups (broad SMARTS) is 1. The lowest BCUT2D eigenvalue weighted by atomic mass is 9.79. The zero-order valence-corrected chi connectivity index (χ0v) is 14.9. The van der Waals surface area contributed by atoms with Gasteiger partial charge < -0.3 is 30.5 Å². The lowest BCUT2D eigenvalue weighted by molar-refractivity contribution is -0.135. The largest absolute Gasteiger partial charge is 0.488 e. The number of amides is 1. The van der Waals surface area contributed by atoms with Crippen LogP contribution in [-0.2, 0) is 15.6 Å². The van der Waals surface area contributed by atoms with E-state index in [0.717, 1.165) is 36.4 Å². The van der Waals surface area contributed by atoms with Crippen molar-refractivity contribution in [2.24, 2.45) is 0 Å². The Morgan fingerprint density at radius 1 is 0.929 bits per heavy atom. The fourth-order valence-corrected chi connectivity index (χ4v) is 3.46. The van der Waals surface area contributed by atoms with E-state index in [1.807, 2.05) is 0 Å². The van der Waals surface area contributed by atoms with Crippen molar-refractivity contribution in [3.8, 4) is 0 Å². The zero-order valence-electron chi connectivity index (χ0n) is 14.1. The number of halogens is 1. The number of aliphatic carboxylic acids is 1. The summed E-state index contributed by atoms with van der Waals surface area (Å²) in [6.07, 6.45) is 0. The fraction of sp³-hybridized carbons (Fsp3) is 0.0667. The summed E-state index contributed by atoms with van der Waals surface area (Å²) >= 11 is 0. The summed E-state index contributed by atoms with van der Waals surface area (Å²) in [5.41, 5.74) is -0.653. The smallest absolute Gasteiger partial charge is 0.480 e. The van der Waals surface area contributed by atoms with Gasteiger partial charge in [0, 0.05) is 15.4 Å². The molecule has 0 bridgehead atoms. The molecule has 0 saturated heterocycles. The maximum atomic E-state index is 13.7. The Labute approximate surface area is 161 Å². The van der Waals surface area contributed by atoms with Crippen LogP contribution in [0.25, 0.3) is 0 Å². The summed E-state index contributed by atoms with van der Waals surface area (Å²) in [5.74, 6) is -3.05. The van der Waals surface area contributed by atoms with Crippen molar-refractivity contribution >= 4 is 47.8 Å². The second-order valence-corrected chi connectivity index (χ2v) is 7.08. The van der Waals surface area contributed by atoms with Gasteiger partial charge in [0.2, 0.25) is 0 Å². The predicted octanol–water partition coefficient (Wildman–Crippen LogP) is -2.83. The van der Waals surface area contributed by atoms with Crippen LogP contribution >= 0.6 is 0 Å². The third kappa shape index (κ3) is 5.47. The third-order valence-electron chi connectivity index (χ3n) is 3.51. The molecule has 1 unspecified atom stereocenters. The van der Waals surface area contributed by atoms with Crippen LogP contribution < -0.4 is 16.2 Å². The van der Waals surface area contributed by atoms with E-state index in [1.54, 1.807) is 0 Å². The Bertz CT molecular complexity index is 940. The maximum absolute atomic E-state index is 13.7. The van der Waals surface area contributed by atoms with Gasteiger partial charge in [-0.25, -0.2) is 8.60 Å². The van der Waals surface area contributed by atoms with Gasteiger partial charge in [-0.05, 0) is 47.3 Å². The highest BCUT2D eigenvalue weighted by atomic mass is 32.2. The van der Waals surface area contributed by atoms with Gasteiger partial charge in [-0.15, -0.1) is 0 Å². The lowest BCUT2D eigenvalue weighted by Gasteiger charge is -2.11. The minimum atomic E-state index is -2.13. The number of rotatable bonds is 7. The first-order chi connectivity index (χ1) is 13.1. The standard InChI is InChI=1S/C15H14B2FNO8S/c18-11-3-10(17(25)26)5-13(6-11)28(27)12-2-8(1-9(4-12)16(23)24)15(22)19-7-14(20)21/h1-6,23-26H,7H2,(H,19,22)(H,20,21). The fourth-order valence-electron chi connectivity index (χ4n) is 2.24. The minimum Gasteiger partial charge on any atom is -0.480 e. The predicted molar refractivity (Wildman–Crippen MR) is 97.1 cm³/mol. The van der Waals surface area contributed by atoms with Crippen molar-refractivity contribution < 1.29 is 43.4 Å².